The summed E-state index contributed by atoms with van der Waals surface area (Å²) in [5.41, 5.74) is 6.50. The highest BCUT2D eigenvalue weighted by Crippen LogP contribution is 2.17. The Kier molecular flexibility index (Phi) is 3.98. The molecular formula is C12H13FN2O3S. The first-order chi connectivity index (χ1) is 9.03. The molecule has 2 rings (SSSR count). The summed E-state index contributed by atoms with van der Waals surface area (Å²) in [4.78, 5) is -0.140. The van der Waals surface area contributed by atoms with Gasteiger partial charge in [-0.1, -0.05) is 6.07 Å². The first-order valence-corrected chi connectivity index (χ1v) is 7.00. The Labute approximate surface area is 110 Å². The van der Waals surface area contributed by atoms with E-state index in [0.717, 1.165) is 6.07 Å². The van der Waals surface area contributed by atoms with Gasteiger partial charge in [0.2, 0.25) is 10.0 Å². The van der Waals surface area contributed by atoms with Crippen LogP contribution < -0.4 is 10.5 Å². The topological polar surface area (TPSA) is 85.3 Å². The summed E-state index contributed by atoms with van der Waals surface area (Å²) in [6, 6.07) is 5.14. The van der Waals surface area contributed by atoms with Gasteiger partial charge in [0.15, 0.2) is 0 Å². The summed E-state index contributed by atoms with van der Waals surface area (Å²) in [6.45, 7) is 0.0849. The monoisotopic (exact) mass is 284 g/mol. The predicted octanol–water partition coefficient (Wildman–Crippen LogP) is 1.36. The molecule has 1 heterocycles. The second-order valence-electron chi connectivity index (χ2n) is 3.91. The summed E-state index contributed by atoms with van der Waals surface area (Å²) in [5, 5.41) is 0. The normalized spacial score (nSPS) is 11.7. The van der Waals surface area contributed by atoms with Crippen LogP contribution in [0.2, 0.25) is 0 Å². The average molecular weight is 284 g/mol. The summed E-state index contributed by atoms with van der Waals surface area (Å²) >= 11 is 0. The second-order valence-corrected chi connectivity index (χ2v) is 5.65. The minimum atomic E-state index is -3.81. The first-order valence-electron chi connectivity index (χ1n) is 5.52. The molecule has 3 N–H and O–H groups in total. The van der Waals surface area contributed by atoms with E-state index in [9.17, 15) is 12.8 Å². The van der Waals surface area contributed by atoms with Gasteiger partial charge in [0.25, 0.3) is 0 Å². The molecule has 0 fully saturated rings. The highest BCUT2D eigenvalue weighted by atomic mass is 32.2. The minimum absolute atomic E-state index is 0.0161. The molecule has 0 unspecified atom stereocenters. The van der Waals surface area contributed by atoms with Gasteiger partial charge in [-0.25, -0.2) is 17.5 Å². The second kappa shape index (κ2) is 5.52. The van der Waals surface area contributed by atoms with E-state index < -0.39 is 15.8 Å². The highest BCUT2D eigenvalue weighted by molar-refractivity contribution is 7.89. The Balaban J connectivity index is 2.26. The third-order valence-corrected chi connectivity index (χ3v) is 4.07. The lowest BCUT2D eigenvalue weighted by Crippen LogP contribution is -2.24. The zero-order valence-electron chi connectivity index (χ0n) is 9.97. The number of nitrogens with two attached hydrogens (primary N) is 1. The fourth-order valence-electron chi connectivity index (χ4n) is 1.60. The molecule has 0 saturated carbocycles. The minimum Gasteiger partial charge on any atom is -0.472 e. The molecule has 0 amide bonds. The number of halogens is 1. The number of furan rings is 1. The van der Waals surface area contributed by atoms with Crippen LogP contribution in [0.15, 0.2) is 46.1 Å². The van der Waals surface area contributed by atoms with Crippen LogP contribution in [0.4, 0.5) is 4.39 Å². The first kappa shape index (κ1) is 13.7. The van der Waals surface area contributed by atoms with E-state index in [-0.39, 0.29) is 18.0 Å². The van der Waals surface area contributed by atoms with E-state index >= 15 is 0 Å². The molecule has 1 aromatic heterocycles. The van der Waals surface area contributed by atoms with Crippen molar-refractivity contribution in [1.82, 2.24) is 4.72 Å². The van der Waals surface area contributed by atoms with E-state index in [4.69, 9.17) is 10.2 Å². The van der Waals surface area contributed by atoms with Crippen LogP contribution in [0, 0.1) is 5.82 Å². The van der Waals surface area contributed by atoms with Gasteiger partial charge in [-0.2, -0.15) is 0 Å². The van der Waals surface area contributed by atoms with Gasteiger partial charge in [0.1, 0.15) is 5.82 Å². The zero-order chi connectivity index (χ0) is 13.9. The molecule has 0 spiro atoms. The molecule has 0 bridgehead atoms. The van der Waals surface area contributed by atoms with Crippen molar-refractivity contribution < 1.29 is 17.2 Å². The molecule has 19 heavy (non-hydrogen) atoms. The SMILES string of the molecule is NCc1ccc(F)cc1S(=O)(=O)NCc1ccoc1. The molecule has 5 nitrogen and oxygen atoms in total. The van der Waals surface area contributed by atoms with Crippen molar-refractivity contribution in [1.29, 1.82) is 0 Å². The third kappa shape index (κ3) is 3.19. The molecule has 0 aliphatic rings. The fraction of sp³-hybridized carbons (Fsp3) is 0.167. The summed E-state index contributed by atoms with van der Waals surface area (Å²) in [7, 11) is -3.81. The van der Waals surface area contributed by atoms with Crippen molar-refractivity contribution in [3.63, 3.8) is 0 Å². The highest BCUT2D eigenvalue weighted by Gasteiger charge is 2.18. The lowest BCUT2D eigenvalue weighted by Gasteiger charge is -2.10. The van der Waals surface area contributed by atoms with Crippen LogP contribution in [0.25, 0.3) is 0 Å². The van der Waals surface area contributed by atoms with Gasteiger partial charge in [-0.3, -0.25) is 0 Å². The maximum atomic E-state index is 13.2. The number of nitrogens with one attached hydrogen (secondary N) is 1. The largest absolute Gasteiger partial charge is 0.472 e. The van der Waals surface area contributed by atoms with Crippen LogP contribution in [0.1, 0.15) is 11.1 Å². The summed E-state index contributed by atoms with van der Waals surface area (Å²) < 4.78 is 44.6. The number of benzene rings is 1. The lowest BCUT2D eigenvalue weighted by molar-refractivity contribution is 0.560. The Morgan fingerprint density at radius 3 is 2.74 bits per heavy atom. The van der Waals surface area contributed by atoms with Crippen LogP contribution in [0.5, 0.6) is 0 Å². The maximum absolute atomic E-state index is 13.2. The number of rotatable bonds is 5. The lowest BCUT2D eigenvalue weighted by atomic mass is 10.2. The fourth-order valence-corrected chi connectivity index (χ4v) is 2.87. The van der Waals surface area contributed by atoms with Crippen molar-refractivity contribution in [2.75, 3.05) is 0 Å². The van der Waals surface area contributed by atoms with Crippen LogP contribution in [-0.4, -0.2) is 8.42 Å². The Morgan fingerprint density at radius 2 is 2.11 bits per heavy atom. The third-order valence-electron chi connectivity index (χ3n) is 2.59. The Bertz CT molecular complexity index is 654. The molecule has 0 radical (unpaired) electrons. The Morgan fingerprint density at radius 1 is 1.32 bits per heavy atom. The van der Waals surface area contributed by atoms with Crippen LogP contribution >= 0.6 is 0 Å². The summed E-state index contributed by atoms with van der Waals surface area (Å²) in [5.74, 6) is -0.624. The van der Waals surface area contributed by atoms with Crippen molar-refractivity contribution in [2.45, 2.75) is 18.0 Å². The van der Waals surface area contributed by atoms with Crippen molar-refractivity contribution >= 4 is 10.0 Å². The van der Waals surface area contributed by atoms with Gasteiger partial charge in [-0.15, -0.1) is 0 Å². The molecule has 1 aromatic carbocycles. The van der Waals surface area contributed by atoms with Gasteiger partial charge in [0.05, 0.1) is 17.4 Å². The predicted molar refractivity (Wildman–Crippen MR) is 67.0 cm³/mol. The molecule has 2 aromatic rings. The molecular weight excluding hydrogens is 271 g/mol. The standard InChI is InChI=1S/C12H13FN2O3S/c13-11-2-1-10(6-14)12(5-11)19(16,17)15-7-9-3-4-18-8-9/h1-5,8,15H,6-7,14H2. The van der Waals surface area contributed by atoms with Crippen LogP contribution in [-0.2, 0) is 23.1 Å². The average Bonchev–Trinajstić information content (AvgIpc) is 2.89. The van der Waals surface area contributed by atoms with Crippen LogP contribution in [0.3, 0.4) is 0 Å². The Hall–Kier alpha value is -1.70. The number of hydrogen-bond donors (Lipinski definition) is 2. The molecule has 102 valence electrons. The molecule has 0 aliphatic carbocycles. The van der Waals surface area contributed by atoms with E-state index in [2.05, 4.69) is 4.72 Å². The van der Waals surface area contributed by atoms with Gasteiger partial charge in [-0.05, 0) is 23.8 Å². The molecule has 0 aliphatic heterocycles. The molecule has 0 atom stereocenters. The van der Waals surface area contributed by atoms with E-state index in [1.807, 2.05) is 0 Å². The van der Waals surface area contributed by atoms with E-state index in [1.165, 1.54) is 24.7 Å². The molecule has 0 saturated heterocycles. The number of hydrogen-bond acceptors (Lipinski definition) is 4. The van der Waals surface area contributed by atoms with Gasteiger partial charge < -0.3 is 10.2 Å². The van der Waals surface area contributed by atoms with Crippen molar-refractivity contribution in [3.05, 3.63) is 53.7 Å². The summed E-state index contributed by atoms with van der Waals surface area (Å²) in [6.07, 6.45) is 2.87. The molecule has 7 heteroatoms. The van der Waals surface area contributed by atoms with Gasteiger partial charge >= 0.3 is 0 Å². The van der Waals surface area contributed by atoms with Gasteiger partial charge in [0, 0.05) is 18.7 Å². The van der Waals surface area contributed by atoms with E-state index in [1.54, 1.807) is 6.07 Å². The van der Waals surface area contributed by atoms with Crippen molar-refractivity contribution in [2.24, 2.45) is 5.73 Å². The quantitative estimate of drug-likeness (QED) is 0.868. The van der Waals surface area contributed by atoms with Crippen molar-refractivity contribution in [3.8, 4) is 0 Å². The maximum Gasteiger partial charge on any atom is 0.241 e. The number of sulfonamides is 1. The smallest absolute Gasteiger partial charge is 0.241 e. The zero-order valence-corrected chi connectivity index (χ0v) is 10.8. The van der Waals surface area contributed by atoms with E-state index in [0.29, 0.717) is 11.1 Å².